The van der Waals surface area contributed by atoms with Crippen LogP contribution in [0, 0.1) is 0 Å². The Kier molecular flexibility index (Phi) is 5.10. The number of anilines is 1. The lowest BCUT2D eigenvalue weighted by Gasteiger charge is -2.11. The summed E-state index contributed by atoms with van der Waals surface area (Å²) in [5.74, 6) is -3.60. The Balaban J connectivity index is 2.09. The van der Waals surface area contributed by atoms with Crippen LogP contribution < -0.4 is 5.32 Å². The van der Waals surface area contributed by atoms with E-state index in [1.807, 2.05) is 0 Å². The lowest BCUT2D eigenvalue weighted by molar-refractivity contribution is 0.0690. The fourth-order valence-corrected chi connectivity index (χ4v) is 2.31. The van der Waals surface area contributed by atoms with Gasteiger partial charge in [-0.05, 0) is 24.3 Å². The summed E-state index contributed by atoms with van der Waals surface area (Å²) >= 11 is 0.458. The number of thioether (sulfide) groups is 1. The maximum atomic E-state index is 12.5. The molecule has 2 aromatic rings. The smallest absolute Gasteiger partial charge is 0.354 e. The standard InChI is InChI=1S/C14H12F2N2O2S/c15-14(16)21-12-7-2-1-5-10(12)17-8-9-4-3-6-11(18-9)13(19)20/h1-7,14,17H,8H2,(H,19,20). The lowest BCUT2D eigenvalue weighted by atomic mass is 10.2. The summed E-state index contributed by atoms with van der Waals surface area (Å²) in [5.41, 5.74) is 1.03. The zero-order valence-electron chi connectivity index (χ0n) is 10.8. The summed E-state index contributed by atoms with van der Waals surface area (Å²) in [6, 6.07) is 11.4. The highest BCUT2D eigenvalue weighted by Gasteiger charge is 2.10. The number of hydrogen-bond acceptors (Lipinski definition) is 4. The van der Waals surface area contributed by atoms with Gasteiger partial charge < -0.3 is 10.4 Å². The Morgan fingerprint density at radius 1 is 1.24 bits per heavy atom. The second-order valence-corrected chi connectivity index (χ2v) is 5.08. The van der Waals surface area contributed by atoms with E-state index in [4.69, 9.17) is 5.11 Å². The van der Waals surface area contributed by atoms with Crippen molar-refractivity contribution in [2.75, 3.05) is 5.32 Å². The van der Waals surface area contributed by atoms with E-state index < -0.39 is 11.7 Å². The van der Waals surface area contributed by atoms with Crippen LogP contribution in [0.3, 0.4) is 0 Å². The molecule has 7 heteroatoms. The van der Waals surface area contributed by atoms with Crippen LogP contribution in [0.15, 0.2) is 47.4 Å². The number of carboxylic acid groups (broad SMARTS) is 1. The van der Waals surface area contributed by atoms with Crippen molar-refractivity contribution in [2.45, 2.75) is 17.2 Å². The van der Waals surface area contributed by atoms with Crippen molar-refractivity contribution in [3.05, 3.63) is 53.9 Å². The zero-order chi connectivity index (χ0) is 15.2. The molecule has 21 heavy (non-hydrogen) atoms. The van der Waals surface area contributed by atoms with E-state index >= 15 is 0 Å². The first-order chi connectivity index (χ1) is 10.1. The number of hydrogen-bond donors (Lipinski definition) is 2. The molecule has 0 spiro atoms. The van der Waals surface area contributed by atoms with Crippen LogP contribution in [0.4, 0.5) is 14.5 Å². The van der Waals surface area contributed by atoms with E-state index in [0.717, 1.165) is 0 Å². The van der Waals surface area contributed by atoms with Crippen LogP contribution in [0.2, 0.25) is 0 Å². The molecule has 0 atom stereocenters. The first kappa shape index (κ1) is 15.2. The Morgan fingerprint density at radius 2 is 2.00 bits per heavy atom. The number of pyridine rings is 1. The second kappa shape index (κ2) is 7.03. The highest BCUT2D eigenvalue weighted by molar-refractivity contribution is 7.99. The lowest BCUT2D eigenvalue weighted by Crippen LogP contribution is -2.07. The first-order valence-electron chi connectivity index (χ1n) is 6.03. The van der Waals surface area contributed by atoms with Crippen LogP contribution in [0.5, 0.6) is 0 Å². The number of nitrogens with one attached hydrogen (secondary N) is 1. The van der Waals surface area contributed by atoms with Gasteiger partial charge in [0.2, 0.25) is 0 Å². The van der Waals surface area contributed by atoms with E-state index in [9.17, 15) is 13.6 Å². The minimum atomic E-state index is -2.50. The Labute approximate surface area is 124 Å². The molecule has 0 fully saturated rings. The van der Waals surface area contributed by atoms with Crippen molar-refractivity contribution in [1.29, 1.82) is 0 Å². The topological polar surface area (TPSA) is 62.2 Å². The number of carbonyl (C=O) groups is 1. The van der Waals surface area contributed by atoms with Gasteiger partial charge in [-0.25, -0.2) is 9.78 Å². The summed E-state index contributed by atoms with van der Waals surface area (Å²) < 4.78 is 24.9. The van der Waals surface area contributed by atoms with Crippen molar-refractivity contribution < 1.29 is 18.7 Å². The summed E-state index contributed by atoms with van der Waals surface area (Å²) in [6.45, 7) is 0.252. The summed E-state index contributed by atoms with van der Waals surface area (Å²) in [7, 11) is 0. The first-order valence-corrected chi connectivity index (χ1v) is 6.91. The van der Waals surface area contributed by atoms with E-state index in [2.05, 4.69) is 10.3 Å². The molecule has 2 N–H and O–H groups in total. The van der Waals surface area contributed by atoms with Gasteiger partial charge >= 0.3 is 5.97 Å². The number of nitrogens with zero attached hydrogens (tertiary/aromatic N) is 1. The summed E-state index contributed by atoms with van der Waals surface area (Å²) in [5, 5.41) is 11.9. The Bertz CT molecular complexity index is 638. The highest BCUT2D eigenvalue weighted by atomic mass is 32.2. The van der Waals surface area contributed by atoms with E-state index in [1.54, 1.807) is 36.4 Å². The molecular formula is C14H12F2N2O2S. The number of benzene rings is 1. The van der Waals surface area contributed by atoms with Crippen LogP contribution >= 0.6 is 11.8 Å². The molecular weight excluding hydrogens is 298 g/mol. The third-order valence-corrected chi connectivity index (χ3v) is 3.38. The average Bonchev–Trinajstić information content (AvgIpc) is 2.46. The molecule has 1 heterocycles. The molecule has 0 saturated heterocycles. The van der Waals surface area contributed by atoms with Gasteiger partial charge in [0.15, 0.2) is 0 Å². The largest absolute Gasteiger partial charge is 0.477 e. The Morgan fingerprint density at radius 3 is 2.71 bits per heavy atom. The normalized spacial score (nSPS) is 10.6. The minimum absolute atomic E-state index is 0.0514. The van der Waals surface area contributed by atoms with Gasteiger partial charge in [-0.2, -0.15) is 8.78 Å². The molecule has 0 aliphatic carbocycles. The number of rotatable bonds is 6. The number of halogens is 2. The van der Waals surface area contributed by atoms with Crippen LogP contribution in [0.1, 0.15) is 16.2 Å². The van der Waals surface area contributed by atoms with Crippen LogP contribution in [-0.2, 0) is 6.54 Å². The Hall–Kier alpha value is -2.15. The maximum Gasteiger partial charge on any atom is 0.354 e. The number of alkyl halides is 2. The number of aromatic carboxylic acids is 1. The average molecular weight is 310 g/mol. The van der Waals surface area contributed by atoms with Crippen LogP contribution in [0.25, 0.3) is 0 Å². The third-order valence-electron chi connectivity index (χ3n) is 2.59. The highest BCUT2D eigenvalue weighted by Crippen LogP contribution is 2.31. The van der Waals surface area contributed by atoms with Crippen molar-refractivity contribution in [1.82, 2.24) is 4.98 Å². The molecule has 0 saturated carbocycles. The second-order valence-electron chi connectivity index (χ2n) is 4.05. The minimum Gasteiger partial charge on any atom is -0.477 e. The monoisotopic (exact) mass is 310 g/mol. The molecule has 0 amide bonds. The molecule has 1 aromatic heterocycles. The molecule has 0 unspecified atom stereocenters. The number of para-hydroxylation sites is 1. The number of aromatic nitrogens is 1. The zero-order valence-corrected chi connectivity index (χ0v) is 11.6. The molecule has 0 bridgehead atoms. The SMILES string of the molecule is O=C(O)c1cccc(CNc2ccccc2SC(F)F)n1. The van der Waals surface area contributed by atoms with E-state index in [1.165, 1.54) is 6.07 Å². The quantitative estimate of drug-likeness (QED) is 0.797. The predicted molar refractivity (Wildman–Crippen MR) is 76.8 cm³/mol. The third kappa shape index (κ3) is 4.42. The predicted octanol–water partition coefficient (Wildman–Crippen LogP) is 3.71. The van der Waals surface area contributed by atoms with Gasteiger partial charge in [-0.3, -0.25) is 0 Å². The molecule has 110 valence electrons. The maximum absolute atomic E-state index is 12.5. The van der Waals surface area contributed by atoms with Crippen molar-refractivity contribution in [2.24, 2.45) is 0 Å². The fraction of sp³-hybridized carbons (Fsp3) is 0.143. The van der Waals surface area contributed by atoms with Gasteiger partial charge in [0.05, 0.1) is 12.2 Å². The van der Waals surface area contributed by atoms with Gasteiger partial charge in [-0.15, -0.1) is 0 Å². The molecule has 0 radical (unpaired) electrons. The number of carboxylic acids is 1. The van der Waals surface area contributed by atoms with Gasteiger partial charge in [0.1, 0.15) is 5.69 Å². The van der Waals surface area contributed by atoms with Gasteiger partial charge in [0, 0.05) is 10.6 Å². The molecule has 4 nitrogen and oxygen atoms in total. The van der Waals surface area contributed by atoms with Gasteiger partial charge in [-0.1, -0.05) is 30.0 Å². The molecule has 0 aliphatic heterocycles. The van der Waals surface area contributed by atoms with Crippen molar-refractivity contribution >= 4 is 23.4 Å². The molecule has 2 rings (SSSR count). The van der Waals surface area contributed by atoms with Crippen LogP contribution in [-0.4, -0.2) is 21.8 Å². The van der Waals surface area contributed by atoms with E-state index in [-0.39, 0.29) is 12.2 Å². The van der Waals surface area contributed by atoms with Crippen molar-refractivity contribution in [3.63, 3.8) is 0 Å². The van der Waals surface area contributed by atoms with E-state index in [0.29, 0.717) is 28.0 Å². The molecule has 0 aliphatic rings. The molecule has 1 aromatic carbocycles. The summed E-state index contributed by atoms with van der Waals surface area (Å²) in [4.78, 5) is 15.2. The fourth-order valence-electron chi connectivity index (χ4n) is 1.69. The van der Waals surface area contributed by atoms with Gasteiger partial charge in [0.25, 0.3) is 5.76 Å². The summed E-state index contributed by atoms with van der Waals surface area (Å²) in [6.07, 6.45) is 0. The van der Waals surface area contributed by atoms with Crippen molar-refractivity contribution in [3.8, 4) is 0 Å².